The average molecular weight is 450 g/mol. The van der Waals surface area contributed by atoms with E-state index in [1.165, 1.54) is 21.9 Å². The number of hydrogen-bond acceptors (Lipinski definition) is 5. The molecule has 0 spiro atoms. The number of nitrogens with one attached hydrogen (secondary N) is 1. The number of carbonyl (C=O) groups is 1. The Kier molecular flexibility index (Phi) is 9.01. The second kappa shape index (κ2) is 11.9. The highest BCUT2D eigenvalue weighted by Crippen LogP contribution is 2.29. The molecule has 0 bridgehead atoms. The minimum atomic E-state index is -0.318. The van der Waals surface area contributed by atoms with E-state index in [0.717, 1.165) is 25.1 Å². The van der Waals surface area contributed by atoms with E-state index >= 15 is 0 Å². The van der Waals surface area contributed by atoms with Gasteiger partial charge in [0.15, 0.2) is 0 Å². The lowest BCUT2D eigenvalue weighted by Crippen LogP contribution is -2.41. The van der Waals surface area contributed by atoms with Gasteiger partial charge >= 0.3 is 0 Å². The van der Waals surface area contributed by atoms with E-state index < -0.39 is 0 Å². The lowest BCUT2D eigenvalue weighted by atomic mass is 9.87. The zero-order valence-corrected chi connectivity index (χ0v) is 19.8. The van der Waals surface area contributed by atoms with E-state index in [2.05, 4.69) is 64.7 Å². The van der Waals surface area contributed by atoms with Gasteiger partial charge in [0.25, 0.3) is 6.47 Å². The fourth-order valence-corrected chi connectivity index (χ4v) is 3.98. The largest absolute Gasteiger partial charge is 0.462 e. The standard InChI is InChI=1S/C23H25NO2.C5H10O2/c25-15-17-4-3-7-21(12-17)22-10-11-24-14-23(22)26-16-18-8-9-19-5-1-2-6-20(19)13-18;1-5(2,3)7-4-6/h1-9,12-13,22-25H,10-11,14-16H2;4H,1-3H3. The van der Waals surface area contributed by atoms with E-state index in [-0.39, 0.29) is 18.3 Å². The van der Waals surface area contributed by atoms with Gasteiger partial charge in [-0.1, -0.05) is 60.7 Å². The number of ether oxygens (including phenoxy) is 2. The van der Waals surface area contributed by atoms with Crippen molar-refractivity contribution in [1.29, 1.82) is 0 Å². The molecule has 2 unspecified atom stereocenters. The zero-order valence-electron chi connectivity index (χ0n) is 19.8. The molecule has 0 aliphatic carbocycles. The van der Waals surface area contributed by atoms with Crippen molar-refractivity contribution in [2.45, 2.75) is 58.0 Å². The molecular weight excluding hydrogens is 414 g/mol. The topological polar surface area (TPSA) is 67.8 Å². The third-order valence-corrected chi connectivity index (χ3v) is 5.67. The molecule has 0 radical (unpaired) electrons. The number of hydrogen-bond donors (Lipinski definition) is 2. The molecule has 1 aliphatic rings. The number of aliphatic hydroxyl groups is 1. The Labute approximate surface area is 196 Å². The van der Waals surface area contributed by atoms with E-state index in [0.29, 0.717) is 19.0 Å². The van der Waals surface area contributed by atoms with Gasteiger partial charge in [0.05, 0.1) is 19.3 Å². The number of piperidine rings is 1. The first kappa shape index (κ1) is 24.9. The van der Waals surface area contributed by atoms with Crippen LogP contribution < -0.4 is 5.32 Å². The molecule has 5 nitrogen and oxygen atoms in total. The summed E-state index contributed by atoms with van der Waals surface area (Å²) in [4.78, 5) is 9.60. The number of carbonyl (C=O) groups excluding carboxylic acids is 1. The van der Waals surface area contributed by atoms with Crippen molar-refractivity contribution in [3.05, 3.63) is 83.4 Å². The SMILES string of the molecule is CC(C)(C)OC=O.OCc1cccc(C2CCNCC2OCc2ccc3ccccc3c2)c1. The second-order valence-electron chi connectivity index (χ2n) is 9.36. The summed E-state index contributed by atoms with van der Waals surface area (Å²) in [5, 5.41) is 15.4. The van der Waals surface area contributed by atoms with Crippen LogP contribution in [0.5, 0.6) is 0 Å². The Morgan fingerprint density at radius 2 is 1.79 bits per heavy atom. The molecule has 4 rings (SSSR count). The number of rotatable bonds is 6. The fraction of sp³-hybridized carbons (Fsp3) is 0.393. The van der Waals surface area contributed by atoms with Crippen LogP contribution in [0.1, 0.15) is 49.8 Å². The Morgan fingerprint density at radius 1 is 1.00 bits per heavy atom. The van der Waals surface area contributed by atoms with Gasteiger partial charge in [0, 0.05) is 12.5 Å². The van der Waals surface area contributed by atoms with Gasteiger partial charge in [-0.3, -0.25) is 4.79 Å². The molecule has 5 heteroatoms. The van der Waals surface area contributed by atoms with Gasteiger partial charge in [0.2, 0.25) is 0 Å². The maximum atomic E-state index is 9.60. The molecular formula is C28H35NO4. The molecule has 1 heterocycles. The van der Waals surface area contributed by atoms with E-state index in [4.69, 9.17) is 4.74 Å². The smallest absolute Gasteiger partial charge is 0.293 e. The molecule has 3 aromatic rings. The summed E-state index contributed by atoms with van der Waals surface area (Å²) in [6, 6.07) is 23.2. The van der Waals surface area contributed by atoms with Crippen molar-refractivity contribution in [2.75, 3.05) is 13.1 Å². The number of benzene rings is 3. The van der Waals surface area contributed by atoms with Gasteiger partial charge in [-0.25, -0.2) is 0 Å². The van der Waals surface area contributed by atoms with Crippen molar-refractivity contribution in [2.24, 2.45) is 0 Å². The minimum Gasteiger partial charge on any atom is -0.462 e. The van der Waals surface area contributed by atoms with Crippen molar-refractivity contribution in [3.63, 3.8) is 0 Å². The minimum absolute atomic E-state index is 0.0847. The van der Waals surface area contributed by atoms with Gasteiger partial charge in [0.1, 0.15) is 5.60 Å². The van der Waals surface area contributed by atoms with Crippen LogP contribution in [-0.4, -0.2) is 36.4 Å². The molecule has 1 saturated heterocycles. The van der Waals surface area contributed by atoms with Crippen LogP contribution in [-0.2, 0) is 27.5 Å². The lowest BCUT2D eigenvalue weighted by Gasteiger charge is -2.32. The quantitative estimate of drug-likeness (QED) is 0.521. The molecule has 2 atom stereocenters. The Hall–Kier alpha value is -2.73. The van der Waals surface area contributed by atoms with Crippen molar-refractivity contribution >= 4 is 17.2 Å². The number of fused-ring (bicyclic) bond motifs is 1. The summed E-state index contributed by atoms with van der Waals surface area (Å²) in [5.74, 6) is 0.364. The molecule has 33 heavy (non-hydrogen) atoms. The second-order valence-corrected chi connectivity index (χ2v) is 9.36. The summed E-state index contributed by atoms with van der Waals surface area (Å²) in [6.45, 7) is 8.49. The summed E-state index contributed by atoms with van der Waals surface area (Å²) < 4.78 is 10.9. The summed E-state index contributed by atoms with van der Waals surface area (Å²) in [7, 11) is 0. The molecule has 176 valence electrons. The Balaban J connectivity index is 0.000000383. The van der Waals surface area contributed by atoms with E-state index in [1.807, 2.05) is 32.9 Å². The maximum absolute atomic E-state index is 9.60. The monoisotopic (exact) mass is 449 g/mol. The fourth-order valence-electron chi connectivity index (χ4n) is 3.98. The molecule has 1 fully saturated rings. The molecule has 1 aliphatic heterocycles. The van der Waals surface area contributed by atoms with Crippen LogP contribution in [0.3, 0.4) is 0 Å². The molecule has 3 aromatic carbocycles. The van der Waals surface area contributed by atoms with Gasteiger partial charge in [-0.15, -0.1) is 0 Å². The van der Waals surface area contributed by atoms with Crippen LogP contribution in [0.15, 0.2) is 66.7 Å². The van der Waals surface area contributed by atoms with Gasteiger partial charge in [-0.05, 0) is 67.3 Å². The zero-order chi connectivity index (χ0) is 23.7. The first-order valence-corrected chi connectivity index (χ1v) is 11.5. The third kappa shape index (κ3) is 7.67. The summed E-state index contributed by atoms with van der Waals surface area (Å²) in [6.07, 6.45) is 1.20. The van der Waals surface area contributed by atoms with Gasteiger partial charge < -0.3 is 19.9 Å². The predicted molar refractivity (Wildman–Crippen MR) is 132 cm³/mol. The Bertz CT molecular complexity index is 1030. The van der Waals surface area contributed by atoms with Crippen molar-refractivity contribution in [3.8, 4) is 0 Å². The van der Waals surface area contributed by atoms with E-state index in [9.17, 15) is 9.90 Å². The summed E-state index contributed by atoms with van der Waals surface area (Å²) >= 11 is 0. The first-order valence-electron chi connectivity index (χ1n) is 11.5. The normalized spacial score (nSPS) is 18.3. The number of aliphatic hydroxyl groups excluding tert-OH is 1. The highest BCUT2D eigenvalue weighted by atomic mass is 16.5. The summed E-state index contributed by atoms with van der Waals surface area (Å²) in [5.41, 5.74) is 3.12. The van der Waals surface area contributed by atoms with Crippen molar-refractivity contribution < 1.29 is 19.4 Å². The molecule has 0 aromatic heterocycles. The predicted octanol–water partition coefficient (Wildman–Crippen LogP) is 4.95. The first-order chi connectivity index (χ1) is 15.9. The average Bonchev–Trinajstić information content (AvgIpc) is 2.82. The van der Waals surface area contributed by atoms with Gasteiger partial charge in [-0.2, -0.15) is 0 Å². The third-order valence-electron chi connectivity index (χ3n) is 5.67. The highest BCUT2D eigenvalue weighted by molar-refractivity contribution is 5.82. The molecule has 0 amide bonds. The Morgan fingerprint density at radius 3 is 2.48 bits per heavy atom. The van der Waals surface area contributed by atoms with Crippen LogP contribution in [0, 0.1) is 0 Å². The van der Waals surface area contributed by atoms with E-state index in [1.54, 1.807) is 0 Å². The van der Waals surface area contributed by atoms with Crippen LogP contribution in [0.25, 0.3) is 10.8 Å². The highest BCUT2D eigenvalue weighted by Gasteiger charge is 2.27. The molecule has 2 N–H and O–H groups in total. The maximum Gasteiger partial charge on any atom is 0.293 e. The van der Waals surface area contributed by atoms with Crippen LogP contribution in [0.4, 0.5) is 0 Å². The lowest BCUT2D eigenvalue weighted by molar-refractivity contribution is -0.138. The van der Waals surface area contributed by atoms with Crippen molar-refractivity contribution in [1.82, 2.24) is 5.32 Å². The van der Waals surface area contributed by atoms with Crippen LogP contribution >= 0.6 is 0 Å². The molecule has 0 saturated carbocycles. The van der Waals surface area contributed by atoms with Crippen LogP contribution in [0.2, 0.25) is 0 Å².